The molecule has 0 saturated carbocycles. The van der Waals surface area contributed by atoms with Crippen LogP contribution in [0, 0.1) is 11.3 Å². The molecular formula is C12H13ClN2O. The lowest BCUT2D eigenvalue weighted by Gasteiger charge is -2.26. The number of anilines is 1. The van der Waals surface area contributed by atoms with E-state index in [0.29, 0.717) is 10.6 Å². The van der Waals surface area contributed by atoms with Gasteiger partial charge in [-0.05, 0) is 31.0 Å². The van der Waals surface area contributed by atoms with Crippen molar-refractivity contribution in [1.29, 1.82) is 5.26 Å². The van der Waals surface area contributed by atoms with Crippen molar-refractivity contribution in [1.82, 2.24) is 0 Å². The third-order valence-electron chi connectivity index (χ3n) is 2.97. The molecule has 4 heteroatoms. The van der Waals surface area contributed by atoms with E-state index in [1.807, 2.05) is 6.07 Å². The molecule has 1 aliphatic rings. The van der Waals surface area contributed by atoms with Crippen LogP contribution in [0.1, 0.15) is 18.4 Å². The van der Waals surface area contributed by atoms with Crippen LogP contribution in [0.2, 0.25) is 5.02 Å². The molecule has 3 nitrogen and oxygen atoms in total. The molecule has 1 fully saturated rings. The Hall–Kier alpha value is -1.24. The van der Waals surface area contributed by atoms with Crippen molar-refractivity contribution < 1.29 is 5.11 Å². The van der Waals surface area contributed by atoms with E-state index in [4.69, 9.17) is 16.9 Å². The van der Waals surface area contributed by atoms with Crippen molar-refractivity contribution in [3.05, 3.63) is 28.8 Å². The standard InChI is InChI=1S/C12H13ClN2O/c13-11-6-9(7-14)3-4-12(11)15-5-1-2-10(15)8-16/h3-4,6,10,16H,1-2,5,8H2. The molecular weight excluding hydrogens is 224 g/mol. The average molecular weight is 237 g/mol. The Balaban J connectivity index is 2.30. The second-order valence-electron chi connectivity index (χ2n) is 3.95. The lowest BCUT2D eigenvalue weighted by Crippen LogP contribution is -2.32. The van der Waals surface area contributed by atoms with Crippen molar-refractivity contribution >= 4 is 17.3 Å². The maximum atomic E-state index is 9.25. The second kappa shape index (κ2) is 4.73. The summed E-state index contributed by atoms with van der Waals surface area (Å²) in [5.74, 6) is 0. The van der Waals surface area contributed by atoms with Crippen LogP contribution in [0.4, 0.5) is 5.69 Å². The highest BCUT2D eigenvalue weighted by Crippen LogP contribution is 2.32. The van der Waals surface area contributed by atoms with Gasteiger partial charge in [0.2, 0.25) is 0 Å². The van der Waals surface area contributed by atoms with E-state index in [0.717, 1.165) is 25.1 Å². The fraction of sp³-hybridized carbons (Fsp3) is 0.417. The Labute approximate surface area is 99.9 Å². The third-order valence-corrected chi connectivity index (χ3v) is 3.28. The number of benzene rings is 1. The fourth-order valence-electron chi connectivity index (χ4n) is 2.15. The van der Waals surface area contributed by atoms with Gasteiger partial charge in [-0.3, -0.25) is 0 Å². The smallest absolute Gasteiger partial charge is 0.0992 e. The van der Waals surface area contributed by atoms with Crippen LogP contribution >= 0.6 is 11.6 Å². The minimum absolute atomic E-state index is 0.149. The van der Waals surface area contributed by atoms with Gasteiger partial charge in [0, 0.05) is 6.54 Å². The Morgan fingerprint density at radius 2 is 2.38 bits per heavy atom. The van der Waals surface area contributed by atoms with E-state index >= 15 is 0 Å². The van der Waals surface area contributed by atoms with Crippen LogP contribution in [-0.2, 0) is 0 Å². The normalized spacial score (nSPS) is 19.8. The number of halogens is 1. The zero-order valence-corrected chi connectivity index (χ0v) is 9.61. The molecule has 1 saturated heterocycles. The first kappa shape index (κ1) is 11.3. The fourth-order valence-corrected chi connectivity index (χ4v) is 2.44. The maximum absolute atomic E-state index is 9.25. The Kier molecular flexibility index (Phi) is 3.33. The zero-order valence-electron chi connectivity index (χ0n) is 8.86. The van der Waals surface area contributed by atoms with Gasteiger partial charge < -0.3 is 10.0 Å². The second-order valence-corrected chi connectivity index (χ2v) is 4.36. The summed E-state index contributed by atoms with van der Waals surface area (Å²) in [6, 6.07) is 7.50. The minimum Gasteiger partial charge on any atom is -0.394 e. The molecule has 0 amide bonds. The highest BCUT2D eigenvalue weighted by molar-refractivity contribution is 6.33. The highest BCUT2D eigenvalue weighted by atomic mass is 35.5. The molecule has 0 spiro atoms. The molecule has 0 radical (unpaired) electrons. The molecule has 84 valence electrons. The monoisotopic (exact) mass is 236 g/mol. The van der Waals surface area contributed by atoms with Crippen molar-refractivity contribution in [3.63, 3.8) is 0 Å². The van der Waals surface area contributed by atoms with Gasteiger partial charge in [0.15, 0.2) is 0 Å². The molecule has 1 aliphatic heterocycles. The molecule has 0 aromatic heterocycles. The molecule has 1 aromatic carbocycles. The van der Waals surface area contributed by atoms with E-state index in [-0.39, 0.29) is 12.6 Å². The topological polar surface area (TPSA) is 47.3 Å². The lowest BCUT2D eigenvalue weighted by molar-refractivity contribution is 0.266. The zero-order chi connectivity index (χ0) is 11.5. The predicted molar refractivity (Wildman–Crippen MR) is 63.6 cm³/mol. The third kappa shape index (κ3) is 1.99. The number of nitriles is 1. The summed E-state index contributed by atoms with van der Waals surface area (Å²) in [7, 11) is 0. The summed E-state index contributed by atoms with van der Waals surface area (Å²) in [6.45, 7) is 1.06. The molecule has 0 bridgehead atoms. The van der Waals surface area contributed by atoms with Gasteiger partial charge in [-0.15, -0.1) is 0 Å². The minimum atomic E-state index is 0.149. The van der Waals surface area contributed by atoms with E-state index < -0.39 is 0 Å². The number of nitrogens with zero attached hydrogens (tertiary/aromatic N) is 2. The molecule has 2 rings (SSSR count). The molecule has 16 heavy (non-hydrogen) atoms. The van der Waals surface area contributed by atoms with Crippen molar-refractivity contribution in [2.24, 2.45) is 0 Å². The average Bonchev–Trinajstić information content (AvgIpc) is 2.76. The number of hydrogen-bond acceptors (Lipinski definition) is 3. The Morgan fingerprint density at radius 1 is 1.56 bits per heavy atom. The van der Waals surface area contributed by atoms with Crippen LogP contribution in [0.25, 0.3) is 0 Å². The van der Waals surface area contributed by atoms with Gasteiger partial charge in [-0.2, -0.15) is 5.26 Å². The summed E-state index contributed by atoms with van der Waals surface area (Å²) >= 11 is 6.14. The van der Waals surface area contributed by atoms with E-state index in [9.17, 15) is 5.11 Å². The van der Waals surface area contributed by atoms with Crippen LogP contribution < -0.4 is 4.90 Å². The molecule has 1 heterocycles. The quantitative estimate of drug-likeness (QED) is 0.856. The SMILES string of the molecule is N#Cc1ccc(N2CCCC2CO)c(Cl)c1. The van der Waals surface area contributed by atoms with Crippen LogP contribution in [-0.4, -0.2) is 24.3 Å². The number of aliphatic hydroxyl groups is 1. The van der Waals surface area contributed by atoms with Gasteiger partial charge in [-0.1, -0.05) is 11.6 Å². The van der Waals surface area contributed by atoms with E-state index in [1.54, 1.807) is 12.1 Å². The van der Waals surface area contributed by atoms with Gasteiger partial charge in [0.1, 0.15) is 0 Å². The van der Waals surface area contributed by atoms with Crippen LogP contribution in [0.5, 0.6) is 0 Å². The summed E-state index contributed by atoms with van der Waals surface area (Å²) in [5, 5.41) is 18.6. The van der Waals surface area contributed by atoms with E-state index in [2.05, 4.69) is 11.0 Å². The largest absolute Gasteiger partial charge is 0.394 e. The molecule has 1 aromatic rings. The van der Waals surface area contributed by atoms with Crippen LogP contribution in [0.15, 0.2) is 18.2 Å². The molecule has 1 unspecified atom stereocenters. The maximum Gasteiger partial charge on any atom is 0.0992 e. The number of hydrogen-bond donors (Lipinski definition) is 1. The van der Waals surface area contributed by atoms with E-state index in [1.165, 1.54) is 0 Å². The molecule has 1 N–H and O–H groups in total. The lowest BCUT2D eigenvalue weighted by atomic mass is 10.2. The predicted octanol–water partition coefficient (Wildman–Crippen LogP) is 2.17. The van der Waals surface area contributed by atoms with Gasteiger partial charge in [0.05, 0.1) is 35.0 Å². The first-order valence-electron chi connectivity index (χ1n) is 5.33. The Bertz CT molecular complexity index is 428. The first-order chi connectivity index (χ1) is 7.76. The highest BCUT2D eigenvalue weighted by Gasteiger charge is 2.25. The summed E-state index contributed by atoms with van der Waals surface area (Å²) in [6.07, 6.45) is 2.06. The van der Waals surface area contributed by atoms with Gasteiger partial charge in [-0.25, -0.2) is 0 Å². The summed E-state index contributed by atoms with van der Waals surface area (Å²) < 4.78 is 0. The molecule has 1 atom stereocenters. The van der Waals surface area contributed by atoms with Crippen molar-refractivity contribution in [2.45, 2.75) is 18.9 Å². The van der Waals surface area contributed by atoms with Crippen molar-refractivity contribution in [2.75, 3.05) is 18.1 Å². The summed E-state index contributed by atoms with van der Waals surface area (Å²) in [4.78, 5) is 2.11. The van der Waals surface area contributed by atoms with Gasteiger partial charge >= 0.3 is 0 Å². The molecule has 0 aliphatic carbocycles. The summed E-state index contributed by atoms with van der Waals surface area (Å²) in [5.41, 5.74) is 1.48. The van der Waals surface area contributed by atoms with Crippen LogP contribution in [0.3, 0.4) is 0 Å². The van der Waals surface area contributed by atoms with Crippen molar-refractivity contribution in [3.8, 4) is 6.07 Å². The number of rotatable bonds is 2. The van der Waals surface area contributed by atoms with Gasteiger partial charge in [0.25, 0.3) is 0 Å². The number of aliphatic hydroxyl groups excluding tert-OH is 1. The Morgan fingerprint density at radius 3 is 3.00 bits per heavy atom. The first-order valence-corrected chi connectivity index (χ1v) is 5.71.